The van der Waals surface area contributed by atoms with Gasteiger partial charge in [0.2, 0.25) is 0 Å². The van der Waals surface area contributed by atoms with E-state index >= 15 is 0 Å². The summed E-state index contributed by atoms with van der Waals surface area (Å²) in [6.45, 7) is 6.27. The Morgan fingerprint density at radius 3 is 2.66 bits per heavy atom. The van der Waals surface area contributed by atoms with Gasteiger partial charge in [0.15, 0.2) is 0 Å². The van der Waals surface area contributed by atoms with Crippen LogP contribution in [0.15, 0.2) is 27.6 Å². The molecule has 4 aliphatic carbocycles. The highest BCUT2D eigenvalue weighted by Gasteiger charge is 2.83. The third kappa shape index (κ3) is 2.54. The molecule has 1 aliphatic heterocycles. The van der Waals surface area contributed by atoms with Crippen molar-refractivity contribution in [3.63, 3.8) is 0 Å². The molecule has 1 aromatic rings. The molecule has 5 aliphatic rings. The molecule has 10 atom stereocenters. The Bertz CT molecular complexity index is 982. The van der Waals surface area contributed by atoms with E-state index in [9.17, 15) is 14.7 Å². The van der Waals surface area contributed by atoms with Gasteiger partial charge in [0.1, 0.15) is 17.8 Å². The predicted molar refractivity (Wildman–Crippen MR) is 116 cm³/mol. The van der Waals surface area contributed by atoms with Gasteiger partial charge in [0.05, 0.1) is 12.4 Å². The van der Waals surface area contributed by atoms with E-state index in [-0.39, 0.29) is 46.2 Å². The lowest BCUT2D eigenvalue weighted by Gasteiger charge is -2.61. The van der Waals surface area contributed by atoms with Crippen molar-refractivity contribution in [2.75, 3.05) is 0 Å². The average molecular weight is 443 g/mol. The second kappa shape index (κ2) is 6.69. The van der Waals surface area contributed by atoms with Crippen LogP contribution in [0.2, 0.25) is 0 Å². The molecule has 1 spiro atoms. The molecule has 174 valence electrons. The molecular weight excluding hydrogens is 408 g/mol. The first-order valence-corrected chi connectivity index (χ1v) is 12.3. The number of carbonyl (C=O) groups is 1. The molecule has 6 heteroatoms. The van der Waals surface area contributed by atoms with E-state index in [0.29, 0.717) is 17.8 Å². The molecular formula is C26H34O6. The largest absolute Gasteiger partial charge is 0.463 e. The Morgan fingerprint density at radius 2 is 1.94 bits per heavy atom. The molecule has 2 heterocycles. The number of aliphatic hydroxyl groups excluding tert-OH is 1. The molecule has 1 N–H and O–H groups in total. The first-order chi connectivity index (χ1) is 15.2. The zero-order valence-electron chi connectivity index (χ0n) is 19.2. The molecule has 0 radical (unpaired) electrons. The van der Waals surface area contributed by atoms with Crippen LogP contribution in [0.4, 0.5) is 0 Å². The van der Waals surface area contributed by atoms with Gasteiger partial charge in [-0.1, -0.05) is 13.8 Å². The smallest absolute Gasteiger partial charge is 0.335 e. The fraction of sp³-hybridized carbons (Fsp3) is 0.769. The normalized spacial score (nSPS) is 51.1. The number of ether oxygens (including phenoxy) is 2. The van der Waals surface area contributed by atoms with Gasteiger partial charge in [-0.2, -0.15) is 0 Å². The third-order valence-electron chi connectivity index (χ3n) is 10.5. The molecule has 32 heavy (non-hydrogen) atoms. The molecule has 4 saturated carbocycles. The highest BCUT2D eigenvalue weighted by atomic mass is 16.6. The minimum absolute atomic E-state index is 0.0597. The SMILES string of the molecule is CC(=O)O[C@H]1CC[C@@]2(C)[C@H](CC[C@@H]3[C@@H]2CC[C@]2(C)[C@@H](c4ccc(=O)oc4)[C@@H](O)[C@H]4OC342)C1. The van der Waals surface area contributed by atoms with Crippen LogP contribution in [0, 0.1) is 28.6 Å². The summed E-state index contributed by atoms with van der Waals surface area (Å²) in [5.74, 6) is 1.34. The average Bonchev–Trinajstić information content (AvgIpc) is 3.45. The van der Waals surface area contributed by atoms with E-state index in [1.54, 1.807) is 6.26 Å². The third-order valence-corrected chi connectivity index (χ3v) is 10.5. The maximum absolute atomic E-state index is 11.5. The van der Waals surface area contributed by atoms with Crippen LogP contribution in [0.25, 0.3) is 0 Å². The fourth-order valence-corrected chi connectivity index (χ4v) is 9.14. The summed E-state index contributed by atoms with van der Waals surface area (Å²) < 4.78 is 17.3. The Hall–Kier alpha value is -1.66. The van der Waals surface area contributed by atoms with E-state index in [4.69, 9.17) is 13.9 Å². The number of aliphatic hydroxyl groups is 1. The van der Waals surface area contributed by atoms with Crippen LogP contribution in [0.3, 0.4) is 0 Å². The Morgan fingerprint density at radius 1 is 1.12 bits per heavy atom. The lowest BCUT2D eigenvalue weighted by Crippen LogP contribution is -2.58. The van der Waals surface area contributed by atoms with Crippen molar-refractivity contribution in [1.29, 1.82) is 0 Å². The Labute approximate surface area is 188 Å². The van der Waals surface area contributed by atoms with Crippen molar-refractivity contribution in [3.8, 4) is 0 Å². The number of hydrogen-bond donors (Lipinski definition) is 1. The van der Waals surface area contributed by atoms with Crippen molar-refractivity contribution >= 4 is 5.97 Å². The van der Waals surface area contributed by atoms with Gasteiger partial charge in [-0.3, -0.25) is 4.79 Å². The molecule has 0 amide bonds. The van der Waals surface area contributed by atoms with Crippen LogP contribution in [0.1, 0.15) is 77.2 Å². The van der Waals surface area contributed by atoms with Gasteiger partial charge < -0.3 is 19.0 Å². The second-order valence-electron chi connectivity index (χ2n) is 11.6. The van der Waals surface area contributed by atoms with Gasteiger partial charge >= 0.3 is 11.6 Å². The number of fused-ring (bicyclic) bond motifs is 3. The van der Waals surface area contributed by atoms with E-state index in [1.807, 2.05) is 6.07 Å². The lowest BCUT2D eigenvalue weighted by atomic mass is 9.44. The molecule has 0 bridgehead atoms. The quantitative estimate of drug-likeness (QED) is 0.554. The first kappa shape index (κ1) is 20.9. The summed E-state index contributed by atoms with van der Waals surface area (Å²) in [4.78, 5) is 23.0. The zero-order chi connectivity index (χ0) is 22.5. The fourth-order valence-electron chi connectivity index (χ4n) is 9.14. The summed E-state index contributed by atoms with van der Waals surface area (Å²) in [5.41, 5.74) is 0.332. The van der Waals surface area contributed by atoms with E-state index in [1.165, 1.54) is 13.0 Å². The molecule has 1 aromatic heterocycles. The van der Waals surface area contributed by atoms with E-state index in [2.05, 4.69) is 13.8 Å². The summed E-state index contributed by atoms with van der Waals surface area (Å²) in [6, 6.07) is 3.28. The van der Waals surface area contributed by atoms with Crippen molar-refractivity contribution in [2.24, 2.45) is 28.6 Å². The second-order valence-corrected chi connectivity index (χ2v) is 11.6. The number of esters is 1. The zero-order valence-corrected chi connectivity index (χ0v) is 19.2. The molecule has 5 fully saturated rings. The topological polar surface area (TPSA) is 89.3 Å². The minimum atomic E-state index is -0.573. The van der Waals surface area contributed by atoms with Crippen LogP contribution in [-0.2, 0) is 14.3 Å². The van der Waals surface area contributed by atoms with E-state index in [0.717, 1.165) is 50.5 Å². The molecule has 0 aromatic carbocycles. The van der Waals surface area contributed by atoms with Gasteiger partial charge in [0, 0.05) is 24.3 Å². The van der Waals surface area contributed by atoms with Crippen LogP contribution in [0.5, 0.6) is 0 Å². The van der Waals surface area contributed by atoms with Crippen molar-refractivity contribution < 1.29 is 23.8 Å². The van der Waals surface area contributed by atoms with Gasteiger partial charge in [-0.25, -0.2) is 4.79 Å². The van der Waals surface area contributed by atoms with Crippen LogP contribution >= 0.6 is 0 Å². The van der Waals surface area contributed by atoms with Crippen molar-refractivity contribution in [2.45, 2.75) is 95.5 Å². The Balaban J connectivity index is 1.31. The number of hydrogen-bond acceptors (Lipinski definition) is 6. The number of carbonyl (C=O) groups excluding carboxylic acids is 1. The van der Waals surface area contributed by atoms with E-state index < -0.39 is 6.10 Å². The summed E-state index contributed by atoms with van der Waals surface area (Å²) in [7, 11) is 0. The summed E-state index contributed by atoms with van der Waals surface area (Å²) >= 11 is 0. The molecule has 1 saturated heterocycles. The van der Waals surface area contributed by atoms with Crippen molar-refractivity contribution in [1.82, 2.24) is 0 Å². The molecule has 1 unspecified atom stereocenters. The summed E-state index contributed by atoms with van der Waals surface area (Å²) in [6.07, 6.45) is 8.27. The number of epoxide rings is 1. The van der Waals surface area contributed by atoms with Gasteiger partial charge in [0.25, 0.3) is 0 Å². The van der Waals surface area contributed by atoms with Crippen LogP contribution in [-0.4, -0.2) is 35.0 Å². The maximum Gasteiger partial charge on any atom is 0.335 e. The first-order valence-electron chi connectivity index (χ1n) is 12.3. The lowest BCUT2D eigenvalue weighted by molar-refractivity contribution is -0.163. The minimum Gasteiger partial charge on any atom is -0.463 e. The van der Waals surface area contributed by atoms with Gasteiger partial charge in [-0.15, -0.1) is 0 Å². The standard InChI is InChI=1S/C26H34O6/c1-14(27)31-17-8-10-24(2)16(12-17)5-6-19-18(24)9-11-25(3)21(15-4-7-20(28)30-13-15)22(29)23-26(19,25)32-23/h4,7,13,16-19,21-23,29H,5-6,8-12H2,1-3H3/t16-,17+,18+,19-,21+,22-,23-,24+,25-,26?/m1/s1. The predicted octanol–water partition coefficient (Wildman–Crippen LogP) is 3.80. The van der Waals surface area contributed by atoms with Crippen LogP contribution < -0.4 is 5.63 Å². The number of rotatable bonds is 2. The highest BCUT2D eigenvalue weighted by molar-refractivity contribution is 5.66. The molecule has 6 nitrogen and oxygen atoms in total. The van der Waals surface area contributed by atoms with Crippen molar-refractivity contribution in [3.05, 3.63) is 34.4 Å². The summed E-state index contributed by atoms with van der Waals surface area (Å²) in [5, 5.41) is 11.3. The Kier molecular flexibility index (Phi) is 4.37. The monoisotopic (exact) mass is 442 g/mol. The maximum atomic E-state index is 11.5. The highest BCUT2D eigenvalue weighted by Crippen LogP contribution is 2.77. The van der Waals surface area contributed by atoms with Gasteiger partial charge in [-0.05, 0) is 79.7 Å². The molecule has 6 rings (SSSR count).